The van der Waals surface area contributed by atoms with Gasteiger partial charge in [-0.15, -0.1) is 0 Å². The molecule has 2 rings (SSSR count). The van der Waals surface area contributed by atoms with Gasteiger partial charge >= 0.3 is 5.97 Å². The first kappa shape index (κ1) is 17.0. The van der Waals surface area contributed by atoms with Crippen LogP contribution in [0.2, 0.25) is 0 Å². The number of carbonyl (C=O) groups is 1. The number of nitrogens with one attached hydrogen (secondary N) is 1. The first-order valence-corrected chi connectivity index (χ1v) is 8.10. The predicted octanol–water partition coefficient (Wildman–Crippen LogP) is 1.10. The summed E-state index contributed by atoms with van der Waals surface area (Å²) in [6, 6.07) is 0. The van der Waals surface area contributed by atoms with Crippen LogP contribution < -0.4 is 5.32 Å². The highest BCUT2D eigenvalue weighted by Crippen LogP contribution is 2.21. The molecule has 0 bridgehead atoms. The van der Waals surface area contributed by atoms with Gasteiger partial charge in [0, 0.05) is 24.3 Å². The van der Waals surface area contributed by atoms with Crippen molar-refractivity contribution in [1.29, 1.82) is 0 Å². The average Bonchev–Trinajstić information content (AvgIpc) is 3.00. The lowest BCUT2D eigenvalue weighted by Crippen LogP contribution is -2.24. The predicted molar refractivity (Wildman–Crippen MR) is 85.6 cm³/mol. The van der Waals surface area contributed by atoms with Crippen LogP contribution in [0.4, 0.5) is 0 Å². The molecule has 6 nitrogen and oxygen atoms in total. The molecule has 1 aliphatic rings. The number of aromatic nitrogens is 2. The standard InChI is InChI=1S/C16H28N4O2/c1-5-22-16(21)11-20-13(3)15(12(2)18-20)10-19-7-6-14(9-19)8-17-4/h14,17H,5-11H2,1-4H3. The molecule has 1 aliphatic heterocycles. The van der Waals surface area contributed by atoms with Crippen LogP contribution in [0.1, 0.15) is 30.3 Å². The van der Waals surface area contributed by atoms with Gasteiger partial charge < -0.3 is 10.1 Å². The Kier molecular flexibility index (Phi) is 5.97. The summed E-state index contributed by atoms with van der Waals surface area (Å²) in [7, 11) is 2.01. The van der Waals surface area contributed by atoms with E-state index in [1.54, 1.807) is 4.68 Å². The molecule has 0 radical (unpaired) electrons. The molecule has 0 amide bonds. The summed E-state index contributed by atoms with van der Waals surface area (Å²) >= 11 is 0. The highest BCUT2D eigenvalue weighted by Gasteiger charge is 2.24. The summed E-state index contributed by atoms with van der Waals surface area (Å²) in [5.74, 6) is 0.509. The highest BCUT2D eigenvalue weighted by atomic mass is 16.5. The number of nitrogens with zero attached hydrogens (tertiary/aromatic N) is 3. The molecule has 1 atom stereocenters. The largest absolute Gasteiger partial charge is 0.465 e. The van der Waals surface area contributed by atoms with Gasteiger partial charge in [-0.05, 0) is 53.2 Å². The minimum absolute atomic E-state index is 0.197. The number of ether oxygens (including phenoxy) is 1. The van der Waals surface area contributed by atoms with Crippen molar-refractivity contribution < 1.29 is 9.53 Å². The summed E-state index contributed by atoms with van der Waals surface area (Å²) in [6.07, 6.45) is 1.25. The van der Waals surface area contributed by atoms with E-state index >= 15 is 0 Å². The third-order valence-electron chi connectivity index (χ3n) is 4.36. The molecule has 0 aromatic carbocycles. The number of rotatable bonds is 7. The first-order chi connectivity index (χ1) is 10.5. The molecule has 6 heteroatoms. The second-order valence-corrected chi connectivity index (χ2v) is 6.06. The van der Waals surface area contributed by atoms with Crippen LogP contribution in [0.15, 0.2) is 0 Å². The van der Waals surface area contributed by atoms with Gasteiger partial charge in [0.1, 0.15) is 6.54 Å². The Morgan fingerprint density at radius 2 is 2.23 bits per heavy atom. The molecule has 1 saturated heterocycles. The third-order valence-corrected chi connectivity index (χ3v) is 4.36. The van der Waals surface area contributed by atoms with Gasteiger partial charge in [-0.2, -0.15) is 5.10 Å². The van der Waals surface area contributed by atoms with Crippen LogP contribution in [-0.4, -0.2) is 53.9 Å². The van der Waals surface area contributed by atoms with E-state index in [0.717, 1.165) is 43.5 Å². The van der Waals surface area contributed by atoms with E-state index in [4.69, 9.17) is 4.74 Å². The zero-order chi connectivity index (χ0) is 16.1. The van der Waals surface area contributed by atoms with E-state index in [1.807, 2.05) is 27.8 Å². The maximum absolute atomic E-state index is 11.6. The van der Waals surface area contributed by atoms with Crippen LogP contribution in [0.5, 0.6) is 0 Å². The van der Waals surface area contributed by atoms with Crippen LogP contribution in [0.3, 0.4) is 0 Å². The fraction of sp³-hybridized carbons (Fsp3) is 0.750. The molecular formula is C16H28N4O2. The Labute approximate surface area is 132 Å². The van der Waals surface area contributed by atoms with Crippen LogP contribution >= 0.6 is 0 Å². The Hall–Kier alpha value is -1.40. The van der Waals surface area contributed by atoms with E-state index in [0.29, 0.717) is 6.61 Å². The van der Waals surface area contributed by atoms with Crippen LogP contribution in [0, 0.1) is 19.8 Å². The maximum atomic E-state index is 11.6. The highest BCUT2D eigenvalue weighted by molar-refractivity contribution is 5.69. The molecular weight excluding hydrogens is 280 g/mol. The number of carbonyl (C=O) groups excluding carboxylic acids is 1. The molecule has 0 spiro atoms. The van der Waals surface area contributed by atoms with Gasteiger partial charge in [0.15, 0.2) is 0 Å². The van der Waals surface area contributed by atoms with Gasteiger partial charge in [-0.3, -0.25) is 14.4 Å². The quantitative estimate of drug-likeness (QED) is 0.765. The molecule has 0 saturated carbocycles. The van der Waals surface area contributed by atoms with Crippen molar-refractivity contribution in [1.82, 2.24) is 20.0 Å². The van der Waals surface area contributed by atoms with Crippen molar-refractivity contribution in [3.8, 4) is 0 Å². The number of hydrogen-bond acceptors (Lipinski definition) is 5. The number of esters is 1. The van der Waals surface area contributed by atoms with Gasteiger partial charge in [-0.1, -0.05) is 0 Å². The van der Waals surface area contributed by atoms with E-state index in [2.05, 4.69) is 15.3 Å². The molecule has 0 aliphatic carbocycles. The molecule has 1 unspecified atom stereocenters. The van der Waals surface area contributed by atoms with Gasteiger partial charge in [0.05, 0.1) is 12.3 Å². The fourth-order valence-electron chi connectivity index (χ4n) is 3.18. The molecule has 1 aromatic rings. The van der Waals surface area contributed by atoms with Crippen molar-refractivity contribution in [3.63, 3.8) is 0 Å². The van der Waals surface area contributed by atoms with Crippen molar-refractivity contribution in [3.05, 3.63) is 17.0 Å². The van der Waals surface area contributed by atoms with Crippen LogP contribution in [0.25, 0.3) is 0 Å². The normalized spacial score (nSPS) is 18.8. The molecule has 1 aromatic heterocycles. The minimum atomic E-state index is -0.227. The number of aryl methyl sites for hydroxylation is 1. The summed E-state index contributed by atoms with van der Waals surface area (Å²) in [5, 5.41) is 7.77. The average molecular weight is 308 g/mol. The summed E-state index contributed by atoms with van der Waals surface area (Å²) in [6.45, 7) is 10.7. The topological polar surface area (TPSA) is 59.4 Å². The molecule has 124 valence electrons. The van der Waals surface area contributed by atoms with Gasteiger partial charge in [0.25, 0.3) is 0 Å². The molecule has 1 N–H and O–H groups in total. The summed E-state index contributed by atoms with van der Waals surface area (Å²) < 4.78 is 6.77. The second-order valence-electron chi connectivity index (χ2n) is 6.06. The monoisotopic (exact) mass is 308 g/mol. The lowest BCUT2D eigenvalue weighted by molar-refractivity contribution is -0.144. The Morgan fingerprint density at radius 3 is 2.91 bits per heavy atom. The van der Waals surface area contributed by atoms with Crippen molar-refractivity contribution in [2.75, 3.05) is 33.3 Å². The molecule has 22 heavy (non-hydrogen) atoms. The lowest BCUT2D eigenvalue weighted by atomic mass is 10.1. The zero-order valence-corrected chi connectivity index (χ0v) is 14.2. The Morgan fingerprint density at radius 1 is 1.45 bits per heavy atom. The van der Waals surface area contributed by atoms with Crippen LogP contribution in [-0.2, 0) is 22.6 Å². The first-order valence-electron chi connectivity index (χ1n) is 8.10. The van der Waals surface area contributed by atoms with Crippen molar-refractivity contribution >= 4 is 5.97 Å². The van der Waals surface area contributed by atoms with Crippen molar-refractivity contribution in [2.24, 2.45) is 5.92 Å². The smallest absolute Gasteiger partial charge is 0.327 e. The van der Waals surface area contributed by atoms with E-state index in [9.17, 15) is 4.79 Å². The summed E-state index contributed by atoms with van der Waals surface area (Å²) in [4.78, 5) is 14.1. The lowest BCUT2D eigenvalue weighted by Gasteiger charge is -2.16. The summed E-state index contributed by atoms with van der Waals surface area (Å²) in [5.41, 5.74) is 3.33. The van der Waals surface area contributed by atoms with E-state index < -0.39 is 0 Å². The Balaban J connectivity index is 2.00. The number of hydrogen-bond donors (Lipinski definition) is 1. The zero-order valence-electron chi connectivity index (χ0n) is 14.2. The second kappa shape index (κ2) is 7.74. The molecule has 1 fully saturated rings. The third kappa shape index (κ3) is 4.08. The fourth-order valence-corrected chi connectivity index (χ4v) is 3.18. The number of likely N-dealkylation sites (tertiary alicyclic amines) is 1. The minimum Gasteiger partial charge on any atom is -0.465 e. The van der Waals surface area contributed by atoms with E-state index in [1.165, 1.54) is 12.0 Å². The Bertz CT molecular complexity index is 512. The van der Waals surface area contributed by atoms with Gasteiger partial charge in [0.2, 0.25) is 0 Å². The van der Waals surface area contributed by atoms with Gasteiger partial charge in [-0.25, -0.2) is 0 Å². The van der Waals surface area contributed by atoms with Crippen molar-refractivity contribution in [2.45, 2.75) is 40.3 Å². The molecule has 2 heterocycles. The van der Waals surface area contributed by atoms with E-state index in [-0.39, 0.29) is 12.5 Å². The maximum Gasteiger partial charge on any atom is 0.327 e. The SMILES string of the molecule is CCOC(=O)Cn1nc(C)c(CN2CCC(CNC)C2)c1C.